The predicted molar refractivity (Wildman–Crippen MR) is 60.2 cm³/mol. The summed E-state index contributed by atoms with van der Waals surface area (Å²) in [6.45, 7) is 11.9. The molecule has 1 unspecified atom stereocenters. The van der Waals surface area contributed by atoms with Gasteiger partial charge in [0.2, 0.25) is 0 Å². The maximum Gasteiger partial charge on any atom is 0.0590 e. The molecule has 0 aliphatic carbocycles. The lowest BCUT2D eigenvalue weighted by Crippen LogP contribution is -2.43. The molecule has 0 spiro atoms. The van der Waals surface area contributed by atoms with E-state index in [-0.39, 0.29) is 12.6 Å². The molecule has 1 rings (SSSR count). The van der Waals surface area contributed by atoms with Gasteiger partial charge >= 0.3 is 0 Å². The highest BCUT2D eigenvalue weighted by molar-refractivity contribution is 5.35. The molecule has 2 nitrogen and oxygen atoms in total. The van der Waals surface area contributed by atoms with E-state index in [1.54, 1.807) is 6.08 Å². The zero-order valence-electron chi connectivity index (χ0n) is 8.87. The summed E-state index contributed by atoms with van der Waals surface area (Å²) in [5.41, 5.74) is 2.38. The second-order valence-electron chi connectivity index (χ2n) is 3.63. The second kappa shape index (κ2) is 5.13. The Morgan fingerprint density at radius 3 is 2.86 bits per heavy atom. The van der Waals surface area contributed by atoms with Crippen molar-refractivity contribution in [3.05, 3.63) is 36.5 Å². The summed E-state index contributed by atoms with van der Waals surface area (Å²) in [4.78, 5) is 2.27. The Balaban J connectivity index is 2.76. The van der Waals surface area contributed by atoms with E-state index in [4.69, 9.17) is 0 Å². The highest BCUT2D eigenvalue weighted by atomic mass is 16.3. The van der Waals surface area contributed by atoms with E-state index in [9.17, 15) is 5.11 Å². The summed E-state index contributed by atoms with van der Waals surface area (Å²) in [5, 5.41) is 9.20. The van der Waals surface area contributed by atoms with Gasteiger partial charge in [-0.05, 0) is 24.1 Å². The summed E-state index contributed by atoms with van der Waals surface area (Å²) >= 11 is 0. The highest BCUT2D eigenvalue weighted by Gasteiger charge is 2.24. The van der Waals surface area contributed by atoms with Gasteiger partial charge in [-0.15, -0.1) is 0 Å². The van der Waals surface area contributed by atoms with Gasteiger partial charge < -0.3 is 5.11 Å². The van der Waals surface area contributed by atoms with E-state index in [0.29, 0.717) is 0 Å². The van der Waals surface area contributed by atoms with Gasteiger partial charge in [0.05, 0.1) is 6.61 Å². The van der Waals surface area contributed by atoms with E-state index in [1.807, 2.05) is 6.08 Å². The van der Waals surface area contributed by atoms with Crippen LogP contribution in [-0.4, -0.2) is 35.7 Å². The molecule has 2 heteroatoms. The fraction of sp³-hybridized carbons (Fsp3) is 0.500. The number of allylic oxidation sites excluding steroid dienone is 2. The third-order valence-electron chi connectivity index (χ3n) is 2.76. The van der Waals surface area contributed by atoms with Crippen LogP contribution in [-0.2, 0) is 0 Å². The number of likely N-dealkylation sites (N-methyl/N-ethyl adjacent to an activating group) is 1. The molecule has 1 aliphatic rings. The first kappa shape index (κ1) is 11.2. The van der Waals surface area contributed by atoms with Crippen molar-refractivity contribution >= 4 is 0 Å². The Morgan fingerprint density at radius 1 is 1.64 bits per heavy atom. The molecule has 1 saturated heterocycles. The summed E-state index contributed by atoms with van der Waals surface area (Å²) in [5.74, 6) is 0. The van der Waals surface area contributed by atoms with Crippen molar-refractivity contribution < 1.29 is 5.11 Å². The normalized spacial score (nSPS) is 26.9. The van der Waals surface area contributed by atoms with E-state index in [2.05, 4.69) is 25.0 Å². The zero-order chi connectivity index (χ0) is 10.6. The van der Waals surface area contributed by atoms with Crippen LogP contribution >= 0.6 is 0 Å². The number of aliphatic hydroxyl groups excluding tert-OH is 1. The van der Waals surface area contributed by atoms with Crippen LogP contribution in [0.5, 0.6) is 0 Å². The van der Waals surface area contributed by atoms with E-state index in [0.717, 1.165) is 25.1 Å². The fourth-order valence-corrected chi connectivity index (χ4v) is 1.87. The lowest BCUT2D eigenvalue weighted by molar-refractivity contribution is 0.127. The monoisotopic (exact) mass is 193 g/mol. The molecule has 0 amide bonds. The topological polar surface area (TPSA) is 23.5 Å². The number of hydrogen-bond donors (Lipinski definition) is 1. The van der Waals surface area contributed by atoms with Crippen LogP contribution < -0.4 is 0 Å². The Bertz CT molecular complexity index is 255. The number of hydrogen-bond acceptors (Lipinski definition) is 2. The quantitative estimate of drug-likeness (QED) is 0.738. The minimum Gasteiger partial charge on any atom is -0.395 e. The molecule has 1 atom stereocenters. The maximum absolute atomic E-state index is 9.20. The number of nitrogens with zero attached hydrogens (tertiary/aromatic N) is 1. The van der Waals surface area contributed by atoms with Gasteiger partial charge in [-0.1, -0.05) is 32.2 Å². The number of piperidine rings is 1. The maximum atomic E-state index is 9.20. The third kappa shape index (κ3) is 2.34. The van der Waals surface area contributed by atoms with E-state index < -0.39 is 0 Å². The Morgan fingerprint density at radius 2 is 2.36 bits per heavy atom. The molecular weight excluding hydrogens is 174 g/mol. The molecule has 1 heterocycles. The van der Waals surface area contributed by atoms with Gasteiger partial charge in [0, 0.05) is 12.6 Å². The molecule has 0 aromatic carbocycles. The molecule has 14 heavy (non-hydrogen) atoms. The van der Waals surface area contributed by atoms with E-state index >= 15 is 0 Å². The molecule has 1 N–H and O–H groups in total. The van der Waals surface area contributed by atoms with Crippen molar-refractivity contribution in [2.45, 2.75) is 19.4 Å². The van der Waals surface area contributed by atoms with Gasteiger partial charge in [-0.2, -0.15) is 0 Å². The summed E-state index contributed by atoms with van der Waals surface area (Å²) in [6.07, 6.45) is 4.68. The van der Waals surface area contributed by atoms with Crippen LogP contribution in [0.25, 0.3) is 0 Å². The highest BCUT2D eigenvalue weighted by Crippen LogP contribution is 2.25. The molecule has 0 saturated carbocycles. The Kier molecular flexibility index (Phi) is 4.11. The summed E-state index contributed by atoms with van der Waals surface area (Å²) in [7, 11) is 0. The minimum atomic E-state index is 0.216. The lowest BCUT2D eigenvalue weighted by Gasteiger charge is -2.36. The first-order chi connectivity index (χ1) is 6.72. The predicted octanol–water partition coefficient (Wildman–Crippen LogP) is 1.74. The molecule has 0 radical (unpaired) electrons. The van der Waals surface area contributed by atoms with Gasteiger partial charge in [0.25, 0.3) is 0 Å². The van der Waals surface area contributed by atoms with Crippen LogP contribution in [0.4, 0.5) is 0 Å². The van der Waals surface area contributed by atoms with Crippen molar-refractivity contribution in [2.75, 3.05) is 19.7 Å². The van der Waals surface area contributed by atoms with Gasteiger partial charge in [-0.3, -0.25) is 4.90 Å². The minimum absolute atomic E-state index is 0.216. The molecular formula is C12H19NO. The van der Waals surface area contributed by atoms with Crippen LogP contribution in [0, 0.1) is 0 Å². The van der Waals surface area contributed by atoms with Crippen molar-refractivity contribution in [1.29, 1.82) is 0 Å². The molecule has 1 fully saturated rings. The largest absolute Gasteiger partial charge is 0.395 e. The van der Waals surface area contributed by atoms with Crippen molar-refractivity contribution in [3.8, 4) is 0 Å². The third-order valence-corrected chi connectivity index (χ3v) is 2.76. The first-order valence-corrected chi connectivity index (χ1v) is 5.07. The van der Waals surface area contributed by atoms with Crippen molar-refractivity contribution in [3.63, 3.8) is 0 Å². The molecule has 0 aromatic rings. The fourth-order valence-electron chi connectivity index (χ4n) is 1.87. The van der Waals surface area contributed by atoms with Crippen LogP contribution in [0.1, 0.15) is 13.3 Å². The van der Waals surface area contributed by atoms with Crippen molar-refractivity contribution in [2.24, 2.45) is 0 Å². The number of likely N-dealkylation sites (tertiary alicyclic amines) is 1. The van der Waals surface area contributed by atoms with Crippen LogP contribution in [0.2, 0.25) is 0 Å². The first-order valence-electron chi connectivity index (χ1n) is 5.07. The van der Waals surface area contributed by atoms with Crippen LogP contribution in [0.3, 0.4) is 0 Å². The zero-order valence-corrected chi connectivity index (χ0v) is 8.87. The summed E-state index contributed by atoms with van der Waals surface area (Å²) in [6, 6.07) is 0.245. The van der Waals surface area contributed by atoms with Gasteiger partial charge in [0.1, 0.15) is 0 Å². The molecule has 1 aliphatic heterocycles. The van der Waals surface area contributed by atoms with Crippen molar-refractivity contribution in [1.82, 2.24) is 4.90 Å². The smallest absolute Gasteiger partial charge is 0.0590 e. The molecule has 0 bridgehead atoms. The summed E-state index contributed by atoms with van der Waals surface area (Å²) < 4.78 is 0. The number of rotatable bonds is 3. The SMILES string of the molecule is C=C/C=C1/CN(CC)C(CO)CC1=C. The average molecular weight is 193 g/mol. The van der Waals surface area contributed by atoms with Gasteiger partial charge in [-0.25, -0.2) is 0 Å². The number of aliphatic hydroxyl groups is 1. The average Bonchev–Trinajstić information content (AvgIpc) is 2.20. The lowest BCUT2D eigenvalue weighted by atomic mass is 9.93. The standard InChI is InChI=1S/C12H19NO/c1-4-6-11-8-13(5-2)12(9-14)7-10(11)3/h4,6,12,14H,1,3,5,7-9H2,2H3/b11-6-. The van der Waals surface area contributed by atoms with Gasteiger partial charge in [0.15, 0.2) is 0 Å². The van der Waals surface area contributed by atoms with Crippen LogP contribution in [0.15, 0.2) is 36.5 Å². The molecule has 0 aromatic heterocycles. The Labute approximate surface area is 86.2 Å². The second-order valence-corrected chi connectivity index (χ2v) is 3.63. The molecule has 78 valence electrons. The van der Waals surface area contributed by atoms with E-state index in [1.165, 1.54) is 5.57 Å². The Hall–Kier alpha value is -0.860.